The Balaban J connectivity index is 1.77. The third-order valence-electron chi connectivity index (χ3n) is 3.92. The fraction of sp³-hybridized carbons (Fsp3) is 0.438. The number of anilines is 1. The maximum Gasteiger partial charge on any atom is 0.242 e. The second-order valence-corrected chi connectivity index (χ2v) is 5.61. The smallest absolute Gasteiger partial charge is 0.242 e. The molecule has 6 nitrogen and oxygen atoms in total. The van der Waals surface area contributed by atoms with Crippen LogP contribution in [0.4, 0.5) is 5.82 Å². The van der Waals surface area contributed by atoms with Crippen LogP contribution in [-0.4, -0.2) is 60.5 Å². The zero-order valence-corrected chi connectivity index (χ0v) is 13.0. The maximum absolute atomic E-state index is 12.4. The molecule has 0 saturated carbocycles. The summed E-state index contributed by atoms with van der Waals surface area (Å²) in [6, 6.07) is 7.79. The number of fused-ring (bicyclic) bond motifs is 1. The first kappa shape index (κ1) is 14.7. The van der Waals surface area contributed by atoms with E-state index >= 15 is 0 Å². The van der Waals surface area contributed by atoms with E-state index in [0.29, 0.717) is 6.54 Å². The number of nitrogens with zero attached hydrogens (tertiary/aromatic N) is 4. The average molecular weight is 299 g/mol. The molecule has 0 radical (unpaired) electrons. The summed E-state index contributed by atoms with van der Waals surface area (Å²) in [5.74, 6) is 0.903. The number of nitrogens with one attached hydrogen (secondary N) is 1. The molecule has 2 heterocycles. The number of rotatable bonds is 3. The van der Waals surface area contributed by atoms with E-state index in [0.717, 1.165) is 48.7 Å². The summed E-state index contributed by atoms with van der Waals surface area (Å²) >= 11 is 0. The molecule has 0 spiro atoms. The van der Waals surface area contributed by atoms with Crippen molar-refractivity contribution in [2.24, 2.45) is 0 Å². The molecule has 1 aromatic carbocycles. The van der Waals surface area contributed by atoms with Gasteiger partial charge in [-0.3, -0.25) is 4.79 Å². The molecule has 1 amide bonds. The summed E-state index contributed by atoms with van der Waals surface area (Å²) in [6.07, 6.45) is 0. The van der Waals surface area contributed by atoms with E-state index in [1.54, 1.807) is 0 Å². The number of amides is 1. The number of aryl methyl sites for hydroxylation is 1. The second kappa shape index (κ2) is 6.27. The average Bonchev–Trinajstić information content (AvgIpc) is 2.54. The van der Waals surface area contributed by atoms with Crippen molar-refractivity contribution >= 4 is 22.8 Å². The molecule has 3 rings (SSSR count). The first-order valence-electron chi connectivity index (χ1n) is 7.58. The molecule has 0 aliphatic carbocycles. The maximum atomic E-state index is 12.4. The fourth-order valence-corrected chi connectivity index (χ4v) is 2.73. The van der Waals surface area contributed by atoms with E-state index in [2.05, 4.69) is 15.3 Å². The first-order chi connectivity index (χ1) is 10.6. The lowest BCUT2D eigenvalue weighted by molar-refractivity contribution is -0.130. The van der Waals surface area contributed by atoms with Gasteiger partial charge in [-0.15, -0.1) is 0 Å². The molecular weight excluding hydrogens is 278 g/mol. The zero-order valence-electron chi connectivity index (χ0n) is 13.0. The molecule has 6 heteroatoms. The number of para-hydroxylation sites is 2. The van der Waals surface area contributed by atoms with Crippen LogP contribution in [0.2, 0.25) is 0 Å². The highest BCUT2D eigenvalue weighted by Crippen LogP contribution is 2.18. The van der Waals surface area contributed by atoms with Crippen LogP contribution in [0, 0.1) is 6.92 Å². The van der Waals surface area contributed by atoms with Gasteiger partial charge < -0.3 is 15.1 Å². The van der Waals surface area contributed by atoms with Crippen LogP contribution in [0.1, 0.15) is 5.69 Å². The number of piperazine rings is 1. The highest BCUT2D eigenvalue weighted by molar-refractivity contribution is 5.82. The third kappa shape index (κ3) is 3.01. The topological polar surface area (TPSA) is 61.4 Å². The minimum absolute atomic E-state index is 0.137. The van der Waals surface area contributed by atoms with E-state index in [9.17, 15) is 4.79 Å². The highest BCUT2D eigenvalue weighted by atomic mass is 16.2. The number of benzene rings is 1. The number of carbonyl (C=O) groups is 1. The molecule has 2 aromatic rings. The van der Waals surface area contributed by atoms with Gasteiger partial charge in [-0.1, -0.05) is 12.1 Å². The van der Waals surface area contributed by atoms with Crippen LogP contribution in [-0.2, 0) is 4.79 Å². The van der Waals surface area contributed by atoms with Gasteiger partial charge in [0, 0.05) is 33.2 Å². The molecule has 1 aromatic heterocycles. The Morgan fingerprint density at radius 2 is 1.86 bits per heavy atom. The predicted octanol–water partition coefficient (Wildman–Crippen LogP) is 0.806. The SMILES string of the molecule is Cc1nc2ccccc2nc1N(C)CC(=O)N1CCNCC1. The molecular formula is C16H21N5O. The zero-order chi connectivity index (χ0) is 15.5. The molecule has 116 valence electrons. The standard InChI is InChI=1S/C16H21N5O/c1-12-16(19-14-6-4-3-5-13(14)18-12)20(2)11-15(22)21-9-7-17-8-10-21/h3-6,17H,7-11H2,1-2H3. The van der Waals surface area contributed by atoms with Crippen molar-refractivity contribution in [3.05, 3.63) is 30.0 Å². The molecule has 1 fully saturated rings. The Morgan fingerprint density at radius 3 is 2.55 bits per heavy atom. The summed E-state index contributed by atoms with van der Waals surface area (Å²) in [7, 11) is 1.89. The van der Waals surface area contributed by atoms with Gasteiger partial charge in [-0.2, -0.15) is 0 Å². The van der Waals surface area contributed by atoms with Crippen LogP contribution in [0.25, 0.3) is 11.0 Å². The van der Waals surface area contributed by atoms with Crippen molar-refractivity contribution in [3.8, 4) is 0 Å². The Morgan fingerprint density at radius 1 is 1.23 bits per heavy atom. The monoisotopic (exact) mass is 299 g/mol. The van der Waals surface area contributed by atoms with E-state index in [1.807, 2.05) is 48.0 Å². The number of carbonyl (C=O) groups excluding carboxylic acids is 1. The quantitative estimate of drug-likeness (QED) is 0.908. The normalized spacial score (nSPS) is 15.1. The van der Waals surface area contributed by atoms with Crippen LogP contribution >= 0.6 is 0 Å². The van der Waals surface area contributed by atoms with Crippen LogP contribution in [0.3, 0.4) is 0 Å². The van der Waals surface area contributed by atoms with E-state index in [4.69, 9.17) is 0 Å². The molecule has 1 saturated heterocycles. The van der Waals surface area contributed by atoms with E-state index in [1.165, 1.54) is 0 Å². The van der Waals surface area contributed by atoms with Gasteiger partial charge in [0.05, 0.1) is 23.3 Å². The lowest BCUT2D eigenvalue weighted by Gasteiger charge is -2.29. The Kier molecular flexibility index (Phi) is 4.20. The van der Waals surface area contributed by atoms with Crippen molar-refractivity contribution in [2.75, 3.05) is 44.7 Å². The van der Waals surface area contributed by atoms with Gasteiger partial charge in [0.2, 0.25) is 5.91 Å². The lowest BCUT2D eigenvalue weighted by atomic mass is 10.3. The first-order valence-corrected chi connectivity index (χ1v) is 7.58. The number of aromatic nitrogens is 2. The summed E-state index contributed by atoms with van der Waals surface area (Å²) in [5.41, 5.74) is 2.57. The van der Waals surface area contributed by atoms with Gasteiger partial charge in [-0.05, 0) is 19.1 Å². The molecule has 0 unspecified atom stereocenters. The van der Waals surface area contributed by atoms with E-state index < -0.39 is 0 Å². The fourth-order valence-electron chi connectivity index (χ4n) is 2.73. The van der Waals surface area contributed by atoms with Crippen LogP contribution < -0.4 is 10.2 Å². The van der Waals surface area contributed by atoms with Gasteiger partial charge in [-0.25, -0.2) is 9.97 Å². The Hall–Kier alpha value is -2.21. The van der Waals surface area contributed by atoms with Gasteiger partial charge in [0.25, 0.3) is 0 Å². The highest BCUT2D eigenvalue weighted by Gasteiger charge is 2.19. The summed E-state index contributed by atoms with van der Waals surface area (Å²) in [5, 5.41) is 3.25. The van der Waals surface area contributed by atoms with E-state index in [-0.39, 0.29) is 5.91 Å². The van der Waals surface area contributed by atoms with Crippen molar-refractivity contribution in [2.45, 2.75) is 6.92 Å². The summed E-state index contributed by atoms with van der Waals surface area (Å²) in [4.78, 5) is 25.4. The van der Waals surface area contributed by atoms with Crippen molar-refractivity contribution in [1.82, 2.24) is 20.2 Å². The molecule has 0 bridgehead atoms. The molecule has 1 aliphatic heterocycles. The number of likely N-dealkylation sites (N-methyl/N-ethyl adjacent to an activating group) is 1. The summed E-state index contributed by atoms with van der Waals surface area (Å²) < 4.78 is 0. The van der Waals surface area contributed by atoms with Crippen molar-refractivity contribution < 1.29 is 4.79 Å². The minimum Gasteiger partial charge on any atom is -0.349 e. The number of hydrogen-bond donors (Lipinski definition) is 1. The number of hydrogen-bond acceptors (Lipinski definition) is 5. The minimum atomic E-state index is 0.137. The van der Waals surface area contributed by atoms with Crippen molar-refractivity contribution in [1.29, 1.82) is 0 Å². The molecule has 1 aliphatic rings. The van der Waals surface area contributed by atoms with Crippen LogP contribution in [0.5, 0.6) is 0 Å². The largest absolute Gasteiger partial charge is 0.349 e. The molecule has 1 N–H and O–H groups in total. The van der Waals surface area contributed by atoms with Gasteiger partial charge >= 0.3 is 0 Å². The van der Waals surface area contributed by atoms with Gasteiger partial charge in [0.1, 0.15) is 0 Å². The summed E-state index contributed by atoms with van der Waals surface area (Å²) in [6.45, 7) is 5.53. The molecule has 22 heavy (non-hydrogen) atoms. The Bertz CT molecular complexity index is 681. The third-order valence-corrected chi connectivity index (χ3v) is 3.92. The predicted molar refractivity (Wildman–Crippen MR) is 87.0 cm³/mol. The molecule has 0 atom stereocenters. The Labute approximate surface area is 130 Å². The van der Waals surface area contributed by atoms with Crippen LogP contribution in [0.15, 0.2) is 24.3 Å². The van der Waals surface area contributed by atoms with Gasteiger partial charge in [0.15, 0.2) is 5.82 Å². The van der Waals surface area contributed by atoms with Crippen molar-refractivity contribution in [3.63, 3.8) is 0 Å². The second-order valence-electron chi connectivity index (χ2n) is 5.61. The lowest BCUT2D eigenvalue weighted by Crippen LogP contribution is -2.49.